The molecule has 0 nitrogen and oxygen atoms in total. The lowest BCUT2D eigenvalue weighted by Gasteiger charge is -2.11. The molecule has 0 amide bonds. The van der Waals surface area contributed by atoms with Gasteiger partial charge in [-0.1, -0.05) is 25.0 Å². The molecule has 0 radical (unpaired) electrons. The molecule has 1 aliphatic rings. The monoisotopic (exact) mass is 196 g/mol. The van der Waals surface area contributed by atoms with Gasteiger partial charge in [-0.15, -0.1) is 0 Å². The molecule has 14 heavy (non-hydrogen) atoms. The summed E-state index contributed by atoms with van der Waals surface area (Å²) in [5.41, 5.74) is 0.967. The summed E-state index contributed by atoms with van der Waals surface area (Å²) in [5, 5.41) is 0. The molecule has 1 aromatic carbocycles. The van der Waals surface area contributed by atoms with Crippen molar-refractivity contribution in [2.45, 2.75) is 38.5 Å². The molecule has 0 saturated heterocycles. The predicted molar refractivity (Wildman–Crippen MR) is 52.3 cm³/mol. The predicted octanol–water partition coefficient (Wildman–Crippen LogP) is 3.93. The van der Waals surface area contributed by atoms with Gasteiger partial charge in [0.05, 0.1) is 0 Å². The Bertz CT molecular complexity index is 338. The standard InChI is InChI=1S/C12H14F2/c1-8-6-7-10(12(14)11(8)13)9-4-2-3-5-9/h6-7,9H,2-5H2,1H3. The molecule has 2 heteroatoms. The number of aryl methyl sites for hydroxylation is 1. The first-order valence-corrected chi connectivity index (χ1v) is 5.14. The third kappa shape index (κ3) is 1.54. The van der Waals surface area contributed by atoms with Crippen molar-refractivity contribution >= 4 is 0 Å². The maximum absolute atomic E-state index is 13.5. The zero-order valence-electron chi connectivity index (χ0n) is 8.32. The van der Waals surface area contributed by atoms with Gasteiger partial charge in [0.2, 0.25) is 0 Å². The Kier molecular flexibility index (Phi) is 2.53. The number of benzene rings is 1. The third-order valence-corrected chi connectivity index (χ3v) is 3.10. The SMILES string of the molecule is Cc1ccc(C2CCCC2)c(F)c1F. The maximum atomic E-state index is 13.5. The molecule has 1 saturated carbocycles. The Hall–Kier alpha value is -0.920. The molecule has 0 atom stereocenters. The van der Waals surface area contributed by atoms with Crippen molar-refractivity contribution in [3.05, 3.63) is 34.9 Å². The van der Waals surface area contributed by atoms with E-state index in [9.17, 15) is 8.78 Å². The van der Waals surface area contributed by atoms with Crippen LogP contribution in [0.15, 0.2) is 12.1 Å². The second kappa shape index (κ2) is 3.68. The number of hydrogen-bond acceptors (Lipinski definition) is 0. The van der Waals surface area contributed by atoms with E-state index >= 15 is 0 Å². The fourth-order valence-corrected chi connectivity index (χ4v) is 2.21. The van der Waals surface area contributed by atoms with E-state index in [1.165, 1.54) is 0 Å². The molecule has 1 aliphatic carbocycles. The van der Waals surface area contributed by atoms with E-state index in [2.05, 4.69) is 0 Å². The average Bonchev–Trinajstić information content (AvgIpc) is 2.67. The lowest BCUT2D eigenvalue weighted by molar-refractivity contribution is 0.483. The molecule has 1 aromatic rings. The van der Waals surface area contributed by atoms with E-state index in [1.807, 2.05) is 0 Å². The van der Waals surface area contributed by atoms with Gasteiger partial charge in [0.25, 0.3) is 0 Å². The fraction of sp³-hybridized carbons (Fsp3) is 0.500. The highest BCUT2D eigenvalue weighted by molar-refractivity contribution is 5.28. The summed E-state index contributed by atoms with van der Waals surface area (Å²) in [7, 11) is 0. The van der Waals surface area contributed by atoms with Crippen LogP contribution in [0.2, 0.25) is 0 Å². The highest BCUT2D eigenvalue weighted by atomic mass is 19.2. The van der Waals surface area contributed by atoms with E-state index in [-0.39, 0.29) is 5.92 Å². The Morgan fingerprint density at radius 2 is 1.71 bits per heavy atom. The van der Waals surface area contributed by atoms with Crippen LogP contribution in [0.1, 0.15) is 42.7 Å². The van der Waals surface area contributed by atoms with Gasteiger partial charge in [0, 0.05) is 0 Å². The lowest BCUT2D eigenvalue weighted by atomic mass is 9.96. The molecule has 1 fully saturated rings. The zero-order valence-corrected chi connectivity index (χ0v) is 8.32. The van der Waals surface area contributed by atoms with Crippen molar-refractivity contribution in [3.8, 4) is 0 Å². The molecular weight excluding hydrogens is 182 g/mol. The molecule has 0 unspecified atom stereocenters. The minimum Gasteiger partial charge on any atom is -0.203 e. The molecule has 0 aromatic heterocycles. The van der Waals surface area contributed by atoms with Crippen LogP contribution in [0.25, 0.3) is 0 Å². The summed E-state index contributed by atoms with van der Waals surface area (Å²) in [6.45, 7) is 1.59. The van der Waals surface area contributed by atoms with Gasteiger partial charge in [0.15, 0.2) is 11.6 Å². The summed E-state index contributed by atoms with van der Waals surface area (Å²) >= 11 is 0. The van der Waals surface area contributed by atoms with E-state index in [4.69, 9.17) is 0 Å². The van der Waals surface area contributed by atoms with Crippen molar-refractivity contribution in [3.63, 3.8) is 0 Å². The van der Waals surface area contributed by atoms with Gasteiger partial charge >= 0.3 is 0 Å². The highest BCUT2D eigenvalue weighted by Gasteiger charge is 2.22. The van der Waals surface area contributed by atoms with Crippen LogP contribution in [0.4, 0.5) is 8.78 Å². The quantitative estimate of drug-likeness (QED) is 0.638. The second-order valence-corrected chi connectivity index (χ2v) is 4.08. The number of halogens is 2. The summed E-state index contributed by atoms with van der Waals surface area (Å²) in [5.74, 6) is -1.06. The van der Waals surface area contributed by atoms with Crippen LogP contribution >= 0.6 is 0 Å². The van der Waals surface area contributed by atoms with Crippen LogP contribution in [-0.2, 0) is 0 Å². The van der Waals surface area contributed by atoms with E-state index in [1.54, 1.807) is 19.1 Å². The van der Waals surface area contributed by atoms with Gasteiger partial charge in [0.1, 0.15) is 0 Å². The molecule has 0 bridgehead atoms. The van der Waals surface area contributed by atoms with Crippen molar-refractivity contribution in [2.24, 2.45) is 0 Å². The van der Waals surface area contributed by atoms with Crippen LogP contribution in [-0.4, -0.2) is 0 Å². The van der Waals surface area contributed by atoms with Crippen LogP contribution < -0.4 is 0 Å². The van der Waals surface area contributed by atoms with Crippen LogP contribution in [0.5, 0.6) is 0 Å². The van der Waals surface area contributed by atoms with E-state index < -0.39 is 11.6 Å². The fourth-order valence-electron chi connectivity index (χ4n) is 2.21. The minimum absolute atomic E-state index is 0.241. The van der Waals surface area contributed by atoms with Crippen molar-refractivity contribution in [1.29, 1.82) is 0 Å². The molecule has 0 heterocycles. The molecular formula is C12H14F2. The Morgan fingerprint density at radius 3 is 2.36 bits per heavy atom. The van der Waals surface area contributed by atoms with Crippen molar-refractivity contribution < 1.29 is 8.78 Å². The highest BCUT2D eigenvalue weighted by Crippen LogP contribution is 2.36. The first kappa shape index (κ1) is 9.63. The van der Waals surface area contributed by atoms with Crippen LogP contribution in [0.3, 0.4) is 0 Å². The van der Waals surface area contributed by atoms with E-state index in [0.29, 0.717) is 11.1 Å². The second-order valence-electron chi connectivity index (χ2n) is 4.08. The topological polar surface area (TPSA) is 0 Å². The minimum atomic E-state index is -0.672. The zero-order chi connectivity index (χ0) is 10.1. The Labute approximate surface area is 82.9 Å². The van der Waals surface area contributed by atoms with Gasteiger partial charge in [-0.2, -0.15) is 0 Å². The Balaban J connectivity index is 2.38. The molecule has 76 valence electrons. The number of rotatable bonds is 1. The molecule has 0 aliphatic heterocycles. The number of hydrogen-bond donors (Lipinski definition) is 0. The molecule has 2 rings (SSSR count). The first-order chi connectivity index (χ1) is 6.70. The van der Waals surface area contributed by atoms with Gasteiger partial charge in [-0.3, -0.25) is 0 Å². The lowest BCUT2D eigenvalue weighted by Crippen LogP contribution is -2.00. The molecule has 0 N–H and O–H groups in total. The largest absolute Gasteiger partial charge is 0.203 e. The molecule has 0 spiro atoms. The van der Waals surface area contributed by atoms with Gasteiger partial charge in [-0.25, -0.2) is 8.78 Å². The normalized spacial score (nSPS) is 17.6. The van der Waals surface area contributed by atoms with Gasteiger partial charge in [-0.05, 0) is 36.8 Å². The van der Waals surface area contributed by atoms with Crippen molar-refractivity contribution in [2.75, 3.05) is 0 Å². The van der Waals surface area contributed by atoms with Gasteiger partial charge < -0.3 is 0 Å². The maximum Gasteiger partial charge on any atom is 0.162 e. The summed E-state index contributed by atoms with van der Waals surface area (Å²) in [6.07, 6.45) is 4.28. The third-order valence-electron chi connectivity index (χ3n) is 3.10. The van der Waals surface area contributed by atoms with Crippen molar-refractivity contribution in [1.82, 2.24) is 0 Å². The smallest absolute Gasteiger partial charge is 0.162 e. The van der Waals surface area contributed by atoms with E-state index in [0.717, 1.165) is 25.7 Å². The summed E-state index contributed by atoms with van der Waals surface area (Å²) < 4.78 is 26.8. The summed E-state index contributed by atoms with van der Waals surface area (Å²) in [6, 6.07) is 3.41. The Morgan fingerprint density at radius 1 is 1.07 bits per heavy atom. The average molecular weight is 196 g/mol. The first-order valence-electron chi connectivity index (χ1n) is 5.14. The summed E-state index contributed by atoms with van der Waals surface area (Å²) in [4.78, 5) is 0. The van der Waals surface area contributed by atoms with Crippen LogP contribution in [0, 0.1) is 18.6 Å².